The molecule has 13 heavy (non-hydrogen) atoms. The molecule has 3 heteroatoms. The Morgan fingerprint density at radius 1 is 1.38 bits per heavy atom. The molecular weight excluding hydrogens is 168 g/mol. The molecule has 2 rings (SSSR count). The summed E-state index contributed by atoms with van der Waals surface area (Å²) in [5.74, 6) is -0.665. The van der Waals surface area contributed by atoms with Crippen LogP contribution in [0.5, 0.6) is 0 Å². The van der Waals surface area contributed by atoms with Crippen molar-refractivity contribution < 1.29 is 14.6 Å². The van der Waals surface area contributed by atoms with Crippen LogP contribution in [-0.2, 0) is 9.53 Å². The van der Waals surface area contributed by atoms with Gasteiger partial charge in [0.1, 0.15) is 0 Å². The van der Waals surface area contributed by atoms with Crippen molar-refractivity contribution in [2.45, 2.75) is 44.6 Å². The highest BCUT2D eigenvalue weighted by atomic mass is 16.5. The minimum absolute atomic E-state index is 0.0641. The topological polar surface area (TPSA) is 46.5 Å². The Morgan fingerprint density at radius 3 is 2.54 bits per heavy atom. The van der Waals surface area contributed by atoms with Gasteiger partial charge in [-0.05, 0) is 39.0 Å². The van der Waals surface area contributed by atoms with E-state index in [1.165, 1.54) is 6.42 Å². The smallest absolute Gasteiger partial charge is 0.309 e. The first-order valence-corrected chi connectivity index (χ1v) is 4.94. The molecule has 2 fully saturated rings. The highest BCUT2D eigenvalue weighted by Gasteiger charge is 2.50. The fraction of sp³-hybridized carbons (Fsp3) is 0.900. The van der Waals surface area contributed by atoms with Crippen molar-refractivity contribution in [3.63, 3.8) is 0 Å². The van der Waals surface area contributed by atoms with Gasteiger partial charge in [-0.25, -0.2) is 0 Å². The zero-order chi connectivity index (χ0) is 9.53. The highest BCUT2D eigenvalue weighted by molar-refractivity contribution is 5.74. The molecule has 0 aromatic heterocycles. The Labute approximate surface area is 78.1 Å². The summed E-state index contributed by atoms with van der Waals surface area (Å²) in [6, 6.07) is 0. The first kappa shape index (κ1) is 9.00. The maximum Gasteiger partial charge on any atom is 0.309 e. The van der Waals surface area contributed by atoms with Gasteiger partial charge in [0.2, 0.25) is 0 Å². The Balaban J connectivity index is 2.11. The van der Waals surface area contributed by atoms with E-state index in [4.69, 9.17) is 9.84 Å². The second-order valence-corrected chi connectivity index (χ2v) is 4.68. The molecule has 1 atom stereocenters. The van der Waals surface area contributed by atoms with E-state index in [1.807, 2.05) is 6.92 Å². The minimum atomic E-state index is -0.665. The van der Waals surface area contributed by atoms with Gasteiger partial charge in [-0.1, -0.05) is 0 Å². The number of carbonyl (C=O) groups is 1. The van der Waals surface area contributed by atoms with Gasteiger partial charge in [0.25, 0.3) is 0 Å². The van der Waals surface area contributed by atoms with Crippen molar-refractivity contribution in [3.05, 3.63) is 0 Å². The first-order chi connectivity index (χ1) is 6.06. The van der Waals surface area contributed by atoms with Crippen molar-refractivity contribution in [2.24, 2.45) is 5.41 Å². The number of ether oxygens (including phenoxy) is 1. The van der Waals surface area contributed by atoms with Gasteiger partial charge in [-0.3, -0.25) is 4.79 Å². The van der Waals surface area contributed by atoms with Crippen LogP contribution in [-0.4, -0.2) is 23.3 Å². The normalized spacial score (nSPS) is 37.0. The predicted molar refractivity (Wildman–Crippen MR) is 47.5 cm³/mol. The number of aliphatic carboxylic acids is 1. The second-order valence-electron chi connectivity index (χ2n) is 4.68. The first-order valence-electron chi connectivity index (χ1n) is 4.94. The molecule has 3 nitrogen and oxygen atoms in total. The van der Waals surface area contributed by atoms with Gasteiger partial charge in [0, 0.05) is 6.61 Å². The monoisotopic (exact) mass is 184 g/mol. The van der Waals surface area contributed by atoms with E-state index in [1.54, 1.807) is 0 Å². The lowest BCUT2D eigenvalue weighted by Crippen LogP contribution is -2.51. The van der Waals surface area contributed by atoms with E-state index in [9.17, 15) is 4.79 Å². The van der Waals surface area contributed by atoms with Crippen molar-refractivity contribution in [1.82, 2.24) is 0 Å². The zero-order valence-corrected chi connectivity index (χ0v) is 8.01. The predicted octanol–water partition coefficient (Wildman–Crippen LogP) is 1.81. The average molecular weight is 184 g/mol. The lowest BCUT2D eigenvalue weighted by atomic mass is 9.66. The standard InChI is InChI=1S/C10H16O3/c1-9(8(11)12)5-6-13-10(7-9)3-2-4-10/h2-7H2,1H3,(H,11,12)/t9-/m0/s1. The van der Waals surface area contributed by atoms with Crippen LogP contribution >= 0.6 is 0 Å². The highest BCUT2D eigenvalue weighted by Crippen LogP contribution is 2.48. The molecule has 1 heterocycles. The van der Waals surface area contributed by atoms with E-state index in [0.717, 1.165) is 12.8 Å². The van der Waals surface area contributed by atoms with Gasteiger partial charge in [0.15, 0.2) is 0 Å². The van der Waals surface area contributed by atoms with Crippen LogP contribution < -0.4 is 0 Å². The lowest BCUT2D eigenvalue weighted by molar-refractivity contribution is -0.185. The van der Waals surface area contributed by atoms with Gasteiger partial charge < -0.3 is 9.84 Å². The van der Waals surface area contributed by atoms with E-state index < -0.39 is 11.4 Å². The summed E-state index contributed by atoms with van der Waals surface area (Å²) < 4.78 is 5.68. The number of hydrogen-bond donors (Lipinski definition) is 1. The molecule has 2 aliphatic rings. The summed E-state index contributed by atoms with van der Waals surface area (Å²) in [7, 11) is 0. The third-order valence-electron chi connectivity index (χ3n) is 3.56. The molecule has 0 amide bonds. The zero-order valence-electron chi connectivity index (χ0n) is 8.01. The maximum absolute atomic E-state index is 11.0. The summed E-state index contributed by atoms with van der Waals surface area (Å²) in [6.45, 7) is 2.46. The van der Waals surface area contributed by atoms with E-state index in [2.05, 4.69) is 0 Å². The van der Waals surface area contributed by atoms with Crippen molar-refractivity contribution in [1.29, 1.82) is 0 Å². The van der Waals surface area contributed by atoms with Crippen molar-refractivity contribution >= 4 is 5.97 Å². The van der Waals surface area contributed by atoms with Crippen molar-refractivity contribution in [3.8, 4) is 0 Å². The van der Waals surface area contributed by atoms with E-state index in [-0.39, 0.29) is 5.60 Å². The molecular formula is C10H16O3. The number of rotatable bonds is 1. The van der Waals surface area contributed by atoms with Crippen LogP contribution in [0.2, 0.25) is 0 Å². The summed E-state index contributed by atoms with van der Waals surface area (Å²) in [4.78, 5) is 11.0. The molecule has 1 aliphatic heterocycles. The molecule has 0 unspecified atom stereocenters. The Bertz CT molecular complexity index is 232. The summed E-state index contributed by atoms with van der Waals surface area (Å²) in [5, 5.41) is 9.09. The Kier molecular flexibility index (Phi) is 1.88. The number of hydrogen-bond acceptors (Lipinski definition) is 2. The van der Waals surface area contributed by atoms with Gasteiger partial charge in [0.05, 0.1) is 11.0 Å². The van der Waals surface area contributed by atoms with E-state index >= 15 is 0 Å². The average Bonchev–Trinajstić information content (AvgIpc) is 2.01. The molecule has 1 saturated carbocycles. The minimum Gasteiger partial charge on any atom is -0.481 e. The van der Waals surface area contributed by atoms with Gasteiger partial charge >= 0.3 is 5.97 Å². The molecule has 1 saturated heterocycles. The summed E-state index contributed by atoms with van der Waals surface area (Å²) in [5.41, 5.74) is -0.607. The van der Waals surface area contributed by atoms with Crippen LogP contribution in [0.25, 0.3) is 0 Å². The van der Waals surface area contributed by atoms with E-state index in [0.29, 0.717) is 19.4 Å². The second kappa shape index (κ2) is 2.71. The fourth-order valence-electron chi connectivity index (χ4n) is 2.42. The number of carboxylic acid groups (broad SMARTS) is 1. The molecule has 0 aromatic carbocycles. The van der Waals surface area contributed by atoms with Crippen LogP contribution in [0.15, 0.2) is 0 Å². The molecule has 1 aliphatic carbocycles. The molecule has 1 spiro atoms. The third kappa shape index (κ3) is 1.35. The maximum atomic E-state index is 11.0. The molecule has 0 aromatic rings. The molecule has 1 N–H and O–H groups in total. The molecule has 0 bridgehead atoms. The lowest BCUT2D eigenvalue weighted by Gasteiger charge is -2.49. The summed E-state index contributed by atoms with van der Waals surface area (Å²) in [6.07, 6.45) is 4.65. The van der Waals surface area contributed by atoms with Crippen LogP contribution in [0, 0.1) is 5.41 Å². The Morgan fingerprint density at radius 2 is 2.08 bits per heavy atom. The van der Waals surface area contributed by atoms with Crippen LogP contribution in [0.1, 0.15) is 39.0 Å². The third-order valence-corrected chi connectivity index (χ3v) is 3.56. The largest absolute Gasteiger partial charge is 0.481 e. The van der Waals surface area contributed by atoms with Crippen LogP contribution in [0.3, 0.4) is 0 Å². The fourth-order valence-corrected chi connectivity index (χ4v) is 2.42. The van der Waals surface area contributed by atoms with Gasteiger partial charge in [-0.2, -0.15) is 0 Å². The molecule has 0 radical (unpaired) electrons. The number of carboxylic acids is 1. The van der Waals surface area contributed by atoms with Gasteiger partial charge in [-0.15, -0.1) is 0 Å². The van der Waals surface area contributed by atoms with Crippen LogP contribution in [0.4, 0.5) is 0 Å². The quantitative estimate of drug-likeness (QED) is 0.676. The van der Waals surface area contributed by atoms with Crippen molar-refractivity contribution in [2.75, 3.05) is 6.61 Å². The summed E-state index contributed by atoms with van der Waals surface area (Å²) >= 11 is 0. The Hall–Kier alpha value is -0.570. The molecule has 74 valence electrons. The SMILES string of the molecule is C[C@]1(C(=O)O)CCOC2(CCC2)C1.